The number of halogens is 3. The van der Waals surface area contributed by atoms with Crippen LogP contribution in [0.2, 0.25) is 0 Å². The number of aryl methyl sites for hydroxylation is 1. The molecule has 1 saturated heterocycles. The number of ether oxygens (including phenoxy) is 1. The fourth-order valence-corrected chi connectivity index (χ4v) is 10.5. The van der Waals surface area contributed by atoms with Crippen molar-refractivity contribution in [2.75, 3.05) is 32.8 Å². The molecule has 0 bridgehead atoms. The third-order valence-electron chi connectivity index (χ3n) is 13.0. The number of hydrogen-bond acceptors (Lipinski definition) is 9. The van der Waals surface area contributed by atoms with Crippen LogP contribution in [0.5, 0.6) is 5.75 Å². The molecule has 11 nitrogen and oxygen atoms in total. The second-order valence-electron chi connectivity index (χ2n) is 20.0. The number of benzene rings is 3. The molecule has 3 heterocycles. The Hall–Kier alpha value is -5.09. The van der Waals surface area contributed by atoms with E-state index in [0.29, 0.717) is 38.6 Å². The van der Waals surface area contributed by atoms with Crippen LogP contribution < -0.4 is 20.7 Å². The minimum Gasteiger partial charge on any atom is -0.493 e. The minimum atomic E-state index is -1.58. The highest BCUT2D eigenvalue weighted by atomic mass is 32.1. The van der Waals surface area contributed by atoms with Crippen LogP contribution in [0.15, 0.2) is 71.7 Å². The summed E-state index contributed by atoms with van der Waals surface area (Å²) in [4.78, 5) is 49.3. The van der Waals surface area contributed by atoms with Crippen molar-refractivity contribution in [3.8, 4) is 16.2 Å². The molecular formula is C52H65F3N6O5S. The lowest BCUT2D eigenvalue weighted by molar-refractivity contribution is -0.144. The van der Waals surface area contributed by atoms with E-state index in [1.807, 2.05) is 82.0 Å². The molecule has 1 fully saturated rings. The number of fused-ring (bicyclic) bond motifs is 2. The number of alkyl halides is 1. The smallest absolute Gasteiger partial charge is 0.246 e. The molecule has 1 unspecified atom stereocenters. The lowest BCUT2D eigenvalue weighted by atomic mass is 9.84. The van der Waals surface area contributed by atoms with Gasteiger partial charge in [0, 0.05) is 49.8 Å². The van der Waals surface area contributed by atoms with Crippen molar-refractivity contribution in [3.63, 3.8) is 0 Å². The van der Waals surface area contributed by atoms with E-state index in [4.69, 9.17) is 4.74 Å². The van der Waals surface area contributed by atoms with Crippen LogP contribution in [-0.4, -0.2) is 100 Å². The van der Waals surface area contributed by atoms with Crippen LogP contribution in [0.4, 0.5) is 13.2 Å². The Morgan fingerprint density at radius 1 is 1.00 bits per heavy atom. The van der Waals surface area contributed by atoms with Gasteiger partial charge in [-0.1, -0.05) is 69.3 Å². The number of hydrogen-bond donors (Lipinski definition) is 4. The number of likely N-dealkylation sites (tertiary alicyclic amines) is 1. The van der Waals surface area contributed by atoms with Gasteiger partial charge in [-0.25, -0.2) is 18.2 Å². The van der Waals surface area contributed by atoms with Crippen molar-refractivity contribution < 1.29 is 37.4 Å². The van der Waals surface area contributed by atoms with Crippen molar-refractivity contribution >= 4 is 34.6 Å². The van der Waals surface area contributed by atoms with Gasteiger partial charge in [0.2, 0.25) is 17.7 Å². The van der Waals surface area contributed by atoms with Crippen molar-refractivity contribution in [1.82, 2.24) is 30.7 Å². The van der Waals surface area contributed by atoms with E-state index in [-0.39, 0.29) is 68.4 Å². The van der Waals surface area contributed by atoms with Gasteiger partial charge in [0.25, 0.3) is 0 Å². The minimum absolute atomic E-state index is 0.0208. The highest BCUT2D eigenvalue weighted by molar-refractivity contribution is 7.13. The number of carbonyl (C=O) groups is 3. The van der Waals surface area contributed by atoms with Crippen LogP contribution in [-0.2, 0) is 27.3 Å². The number of rotatable bonds is 18. The number of aliphatic hydroxyl groups is 1. The zero-order valence-electron chi connectivity index (χ0n) is 39.7. The Bertz CT molecular complexity index is 2420. The highest BCUT2D eigenvalue weighted by Gasteiger charge is 2.45. The maximum absolute atomic E-state index is 16.1. The fraction of sp³-hybridized carbons (Fsp3) is 0.500. The summed E-state index contributed by atoms with van der Waals surface area (Å²) < 4.78 is 53.2. The van der Waals surface area contributed by atoms with E-state index >= 15 is 13.2 Å². The number of aliphatic hydroxyl groups excluding tert-OH is 1. The Labute approximate surface area is 396 Å². The number of aromatic nitrogens is 1. The molecule has 5 atom stereocenters. The molecule has 7 rings (SSSR count). The number of carbonyl (C=O) groups excluding carboxylic acids is 3. The van der Waals surface area contributed by atoms with Gasteiger partial charge >= 0.3 is 0 Å². The predicted octanol–water partition coefficient (Wildman–Crippen LogP) is 8.24. The van der Waals surface area contributed by atoms with Gasteiger partial charge in [0.15, 0.2) is 0 Å². The zero-order chi connectivity index (χ0) is 48.2. The molecule has 2 aliphatic heterocycles. The first kappa shape index (κ1) is 49.8. The summed E-state index contributed by atoms with van der Waals surface area (Å²) >= 11 is 1.57. The molecule has 67 heavy (non-hydrogen) atoms. The topological polar surface area (TPSA) is 136 Å². The molecule has 0 saturated carbocycles. The quantitative estimate of drug-likeness (QED) is 0.0734. The Balaban J connectivity index is 0.860. The van der Waals surface area contributed by atoms with E-state index in [9.17, 15) is 19.5 Å². The summed E-state index contributed by atoms with van der Waals surface area (Å²) in [7, 11) is 0. The van der Waals surface area contributed by atoms with Gasteiger partial charge in [-0.2, -0.15) is 0 Å². The largest absolute Gasteiger partial charge is 0.493 e. The highest BCUT2D eigenvalue weighted by Crippen LogP contribution is 2.50. The molecule has 1 aliphatic carbocycles. The standard InChI is InChI=1S/C52H65F3N6O5S/c1-31-21-39-38-14-10-9-13-35(38)22-40(39)46(61(31)29-52(6,7)55)45-41(53)24-37(25-42(45)54)66-20-12-8-11-19-56-27-44(63)59-48(51(3,4)5)50(65)60-28-36(62)23-43(60)49(64)57-26-33-15-17-34(18-16-33)47-32(2)58-30-67-47/h9-10,13-18,24-25,30-31,36,43,46,48,56,62H,8,11-12,19-23,26-29H2,1-7H3,(H,57,64)(H,59,63)/t31-,36-,43+,46?,48-/m1/s1. The lowest BCUT2D eigenvalue weighted by Crippen LogP contribution is -2.58. The van der Waals surface area contributed by atoms with Crippen molar-refractivity contribution in [2.45, 2.75) is 129 Å². The van der Waals surface area contributed by atoms with Gasteiger partial charge in [-0.05, 0) is 105 Å². The van der Waals surface area contributed by atoms with Crippen LogP contribution in [0.1, 0.15) is 108 Å². The summed E-state index contributed by atoms with van der Waals surface area (Å²) in [5.74, 6) is -2.56. The van der Waals surface area contributed by atoms with Crippen molar-refractivity contribution in [3.05, 3.63) is 111 Å². The molecule has 4 aromatic rings. The monoisotopic (exact) mass is 942 g/mol. The average Bonchev–Trinajstić information content (AvgIpc) is 3.99. The van der Waals surface area contributed by atoms with Gasteiger partial charge in [-0.15, -0.1) is 11.3 Å². The van der Waals surface area contributed by atoms with E-state index < -0.39 is 52.9 Å². The van der Waals surface area contributed by atoms with E-state index in [2.05, 4.69) is 27.0 Å². The molecule has 15 heteroatoms. The number of β-amino-alcohol motifs (C(OH)–C–C–N with tert-alkyl or cyclic N) is 1. The third-order valence-corrected chi connectivity index (χ3v) is 14.0. The number of amides is 3. The number of nitrogens with one attached hydrogen (secondary N) is 3. The molecule has 3 aliphatic rings. The first-order valence-corrected chi connectivity index (χ1v) is 24.3. The second kappa shape index (κ2) is 21.1. The zero-order valence-corrected chi connectivity index (χ0v) is 40.5. The molecule has 3 amide bonds. The predicted molar refractivity (Wildman–Crippen MR) is 256 cm³/mol. The summed E-state index contributed by atoms with van der Waals surface area (Å²) in [6.45, 7) is 13.4. The van der Waals surface area contributed by atoms with Crippen LogP contribution in [0, 0.1) is 24.0 Å². The molecule has 4 N–H and O–H groups in total. The first-order valence-electron chi connectivity index (χ1n) is 23.4. The Morgan fingerprint density at radius 2 is 1.72 bits per heavy atom. The molecule has 0 radical (unpaired) electrons. The second-order valence-corrected chi connectivity index (χ2v) is 20.9. The summed E-state index contributed by atoms with van der Waals surface area (Å²) in [5.41, 5.74) is 6.55. The first-order chi connectivity index (χ1) is 31.8. The van der Waals surface area contributed by atoms with Crippen LogP contribution in [0.25, 0.3) is 16.0 Å². The summed E-state index contributed by atoms with van der Waals surface area (Å²) in [5, 5.41) is 19.5. The van der Waals surface area contributed by atoms with E-state index in [1.54, 1.807) is 16.8 Å². The fourth-order valence-electron chi connectivity index (χ4n) is 9.66. The molecule has 1 aromatic heterocycles. The molecule has 360 valence electrons. The van der Waals surface area contributed by atoms with Crippen molar-refractivity contribution in [1.29, 1.82) is 0 Å². The Morgan fingerprint density at radius 3 is 2.39 bits per heavy atom. The van der Waals surface area contributed by atoms with Gasteiger partial charge < -0.3 is 30.7 Å². The van der Waals surface area contributed by atoms with E-state index in [0.717, 1.165) is 44.0 Å². The summed E-state index contributed by atoms with van der Waals surface area (Å²) in [6, 6.07) is 15.6. The van der Waals surface area contributed by atoms with Crippen LogP contribution >= 0.6 is 11.3 Å². The maximum atomic E-state index is 16.1. The molecule has 0 spiro atoms. The van der Waals surface area contributed by atoms with Crippen LogP contribution in [0.3, 0.4) is 0 Å². The molecular weight excluding hydrogens is 878 g/mol. The van der Waals surface area contributed by atoms with E-state index in [1.165, 1.54) is 30.9 Å². The number of unbranched alkanes of at least 4 members (excludes halogenated alkanes) is 2. The maximum Gasteiger partial charge on any atom is 0.246 e. The number of nitrogens with zero attached hydrogens (tertiary/aromatic N) is 3. The number of thiazole rings is 1. The normalized spacial score (nSPS) is 20.1. The van der Waals surface area contributed by atoms with Gasteiger partial charge in [0.1, 0.15) is 35.1 Å². The average molecular weight is 943 g/mol. The van der Waals surface area contributed by atoms with Crippen molar-refractivity contribution in [2.24, 2.45) is 5.41 Å². The molecule has 3 aromatic carbocycles. The lowest BCUT2D eigenvalue weighted by Gasteiger charge is -2.44. The Kier molecular flexibility index (Phi) is 15.6. The third kappa shape index (κ3) is 12.0. The summed E-state index contributed by atoms with van der Waals surface area (Å²) in [6.07, 6.45) is 2.45. The SMILES string of the molecule is Cc1ncsc1-c1ccc(CNC(=O)[C@@H]2C[C@@H](O)CN2C(=O)[C@@H](NC(=O)CNCCCCCOc2cc(F)c(C3C4=C(C[C@@H](C)N3CC(C)(C)F)c3ccccc3C4)c(F)c2)C(C)(C)C)cc1. The van der Waals surface area contributed by atoms with Gasteiger partial charge in [0.05, 0.1) is 41.4 Å². The van der Waals surface area contributed by atoms with Gasteiger partial charge in [-0.3, -0.25) is 19.3 Å².